The minimum Gasteiger partial charge on any atom is -0.396 e. The summed E-state index contributed by atoms with van der Waals surface area (Å²) in [5.41, 5.74) is 5.23. The van der Waals surface area contributed by atoms with Crippen LogP contribution in [0.15, 0.2) is 23.1 Å². The first-order chi connectivity index (χ1) is 8.88. The maximum absolute atomic E-state index is 13.0. The zero-order valence-electron chi connectivity index (χ0n) is 10.6. The first-order valence-corrected chi connectivity index (χ1v) is 8.69. The highest BCUT2D eigenvalue weighted by atomic mass is 32.2. The summed E-state index contributed by atoms with van der Waals surface area (Å²) in [6.45, 7) is 0.397. The smallest absolute Gasteiger partial charge is 0.240 e. The lowest BCUT2D eigenvalue weighted by Gasteiger charge is -2.40. The Labute approximate surface area is 117 Å². The maximum atomic E-state index is 13.0. The molecule has 1 aromatic carbocycles. The van der Waals surface area contributed by atoms with Crippen LogP contribution in [-0.4, -0.2) is 26.0 Å². The van der Waals surface area contributed by atoms with Gasteiger partial charge in [-0.1, -0.05) is 6.42 Å². The summed E-state index contributed by atoms with van der Waals surface area (Å²) < 4.78 is 39.8. The molecule has 106 valence electrons. The topological polar surface area (TPSA) is 72.2 Å². The van der Waals surface area contributed by atoms with E-state index in [1.54, 1.807) is 11.8 Å². The minimum atomic E-state index is -3.63. The van der Waals surface area contributed by atoms with Crippen molar-refractivity contribution in [2.75, 3.05) is 18.5 Å². The molecule has 1 saturated carbocycles. The molecule has 0 aliphatic heterocycles. The van der Waals surface area contributed by atoms with E-state index in [9.17, 15) is 12.8 Å². The van der Waals surface area contributed by atoms with Crippen LogP contribution in [0.2, 0.25) is 0 Å². The number of benzene rings is 1. The van der Waals surface area contributed by atoms with Gasteiger partial charge in [0.2, 0.25) is 10.0 Å². The van der Waals surface area contributed by atoms with Crippen LogP contribution in [-0.2, 0) is 10.0 Å². The Morgan fingerprint density at radius 3 is 2.63 bits per heavy atom. The SMILES string of the molecule is CSC1(CNS(=O)(=O)c2ccc(F)c(N)c2)CCC1. The molecule has 3 N–H and O–H groups in total. The Bertz CT molecular complexity index is 566. The second kappa shape index (κ2) is 5.30. The number of anilines is 1. The van der Waals surface area contributed by atoms with Crippen LogP contribution in [0.5, 0.6) is 0 Å². The van der Waals surface area contributed by atoms with Crippen molar-refractivity contribution in [3.63, 3.8) is 0 Å². The lowest BCUT2D eigenvalue weighted by Crippen LogP contribution is -2.45. The van der Waals surface area contributed by atoms with Gasteiger partial charge in [-0.05, 0) is 37.3 Å². The number of nitrogens with one attached hydrogen (secondary N) is 1. The molecule has 0 saturated heterocycles. The van der Waals surface area contributed by atoms with E-state index in [-0.39, 0.29) is 15.3 Å². The highest BCUT2D eigenvalue weighted by molar-refractivity contribution is 8.00. The minimum absolute atomic E-state index is 0.00183. The van der Waals surface area contributed by atoms with Crippen LogP contribution >= 0.6 is 11.8 Å². The monoisotopic (exact) mass is 304 g/mol. The fourth-order valence-electron chi connectivity index (χ4n) is 2.02. The van der Waals surface area contributed by atoms with Gasteiger partial charge in [0.15, 0.2) is 0 Å². The van der Waals surface area contributed by atoms with Crippen LogP contribution in [0.1, 0.15) is 19.3 Å². The van der Waals surface area contributed by atoms with Gasteiger partial charge in [0.05, 0.1) is 10.6 Å². The highest BCUT2D eigenvalue weighted by Crippen LogP contribution is 2.42. The maximum Gasteiger partial charge on any atom is 0.240 e. The molecule has 7 heteroatoms. The summed E-state index contributed by atoms with van der Waals surface area (Å²) in [6, 6.07) is 3.43. The zero-order chi connectivity index (χ0) is 14.1. The Balaban J connectivity index is 2.11. The number of sulfonamides is 1. The number of rotatable bonds is 5. The molecule has 1 aliphatic rings. The van der Waals surface area contributed by atoms with Gasteiger partial charge >= 0.3 is 0 Å². The van der Waals surface area contributed by atoms with Gasteiger partial charge in [-0.15, -0.1) is 0 Å². The molecule has 0 unspecified atom stereocenters. The summed E-state index contributed by atoms with van der Waals surface area (Å²) in [4.78, 5) is 0.00183. The van der Waals surface area contributed by atoms with Gasteiger partial charge in [-0.25, -0.2) is 17.5 Å². The molecule has 0 amide bonds. The van der Waals surface area contributed by atoms with E-state index in [4.69, 9.17) is 5.73 Å². The van der Waals surface area contributed by atoms with E-state index in [0.29, 0.717) is 6.54 Å². The Kier molecular flexibility index (Phi) is 4.08. The van der Waals surface area contributed by atoms with E-state index in [0.717, 1.165) is 31.4 Å². The number of halogens is 1. The standard InChI is InChI=1S/C12H17FN2O2S2/c1-18-12(5-2-6-12)8-15-19(16,17)9-3-4-10(13)11(14)7-9/h3-4,7,15H,2,5-6,8,14H2,1H3. The van der Waals surface area contributed by atoms with E-state index >= 15 is 0 Å². The normalized spacial score (nSPS) is 18.0. The van der Waals surface area contributed by atoms with Crippen LogP contribution < -0.4 is 10.5 Å². The number of nitrogen functional groups attached to an aromatic ring is 1. The van der Waals surface area contributed by atoms with Crippen molar-refractivity contribution in [2.45, 2.75) is 28.9 Å². The van der Waals surface area contributed by atoms with E-state index in [1.807, 2.05) is 6.26 Å². The molecule has 0 aromatic heterocycles. The van der Waals surface area contributed by atoms with Crippen LogP contribution in [0.3, 0.4) is 0 Å². The molecule has 0 heterocycles. The van der Waals surface area contributed by atoms with Crippen LogP contribution in [0, 0.1) is 5.82 Å². The fraction of sp³-hybridized carbons (Fsp3) is 0.500. The molecule has 0 atom stereocenters. The molecular formula is C12H17FN2O2S2. The van der Waals surface area contributed by atoms with Crippen molar-refractivity contribution in [3.05, 3.63) is 24.0 Å². The Hall–Kier alpha value is -0.790. The van der Waals surface area contributed by atoms with E-state index in [2.05, 4.69) is 4.72 Å². The molecule has 0 radical (unpaired) electrons. The van der Waals surface area contributed by atoms with Crippen LogP contribution in [0.4, 0.5) is 10.1 Å². The summed E-state index contributed by atoms with van der Waals surface area (Å²) in [5, 5.41) is 0. The first-order valence-electron chi connectivity index (χ1n) is 5.98. The van der Waals surface area contributed by atoms with E-state index < -0.39 is 15.8 Å². The summed E-state index contributed by atoms with van der Waals surface area (Å²) in [7, 11) is -3.63. The third-order valence-electron chi connectivity index (χ3n) is 3.56. The van der Waals surface area contributed by atoms with Gasteiger partial charge < -0.3 is 5.73 Å². The van der Waals surface area contributed by atoms with E-state index in [1.165, 1.54) is 6.07 Å². The van der Waals surface area contributed by atoms with Gasteiger partial charge in [0, 0.05) is 11.3 Å². The average molecular weight is 304 g/mol. The number of nitrogens with two attached hydrogens (primary N) is 1. The average Bonchev–Trinajstić information content (AvgIpc) is 2.31. The van der Waals surface area contributed by atoms with Crippen molar-refractivity contribution in [2.24, 2.45) is 0 Å². The highest BCUT2D eigenvalue weighted by Gasteiger charge is 2.37. The summed E-state index contributed by atoms with van der Waals surface area (Å²) in [5.74, 6) is -0.612. The summed E-state index contributed by atoms with van der Waals surface area (Å²) in [6.07, 6.45) is 5.15. The summed E-state index contributed by atoms with van der Waals surface area (Å²) >= 11 is 1.69. The lowest BCUT2D eigenvalue weighted by atomic mass is 9.84. The predicted molar refractivity (Wildman–Crippen MR) is 76.1 cm³/mol. The molecule has 2 rings (SSSR count). The second-order valence-corrected chi connectivity index (χ2v) is 7.79. The molecule has 0 bridgehead atoms. The van der Waals surface area contributed by atoms with Crippen molar-refractivity contribution >= 4 is 27.5 Å². The molecule has 1 fully saturated rings. The predicted octanol–water partition coefficient (Wildman–Crippen LogP) is 1.97. The third kappa shape index (κ3) is 3.04. The van der Waals surface area contributed by atoms with Crippen LogP contribution in [0.25, 0.3) is 0 Å². The lowest BCUT2D eigenvalue weighted by molar-refractivity contribution is 0.362. The molecule has 0 spiro atoms. The van der Waals surface area contributed by atoms with Gasteiger partial charge in [-0.2, -0.15) is 11.8 Å². The van der Waals surface area contributed by atoms with Crippen molar-refractivity contribution < 1.29 is 12.8 Å². The van der Waals surface area contributed by atoms with Gasteiger partial charge in [0.1, 0.15) is 5.82 Å². The quantitative estimate of drug-likeness (QED) is 0.816. The fourth-order valence-corrected chi connectivity index (χ4v) is 4.19. The van der Waals surface area contributed by atoms with Crippen molar-refractivity contribution in [1.82, 2.24) is 4.72 Å². The number of hydrogen-bond acceptors (Lipinski definition) is 4. The Morgan fingerprint density at radius 2 is 2.16 bits per heavy atom. The number of hydrogen-bond donors (Lipinski definition) is 2. The first kappa shape index (κ1) is 14.6. The molecule has 4 nitrogen and oxygen atoms in total. The Morgan fingerprint density at radius 1 is 1.47 bits per heavy atom. The molecule has 1 aromatic rings. The van der Waals surface area contributed by atoms with Crippen molar-refractivity contribution in [1.29, 1.82) is 0 Å². The van der Waals surface area contributed by atoms with Crippen molar-refractivity contribution in [3.8, 4) is 0 Å². The molecular weight excluding hydrogens is 287 g/mol. The largest absolute Gasteiger partial charge is 0.396 e. The number of thioether (sulfide) groups is 1. The third-order valence-corrected chi connectivity index (χ3v) is 6.38. The van der Waals surface area contributed by atoms with Gasteiger partial charge in [0.25, 0.3) is 0 Å². The molecule has 19 heavy (non-hydrogen) atoms. The van der Waals surface area contributed by atoms with Gasteiger partial charge in [-0.3, -0.25) is 0 Å². The second-order valence-electron chi connectivity index (χ2n) is 4.75. The zero-order valence-corrected chi connectivity index (χ0v) is 12.3. The molecule has 1 aliphatic carbocycles.